The Hall–Kier alpha value is -0.330. The molecule has 0 amide bonds. The van der Waals surface area contributed by atoms with Gasteiger partial charge in [-0.1, -0.05) is 0 Å². The van der Waals surface area contributed by atoms with Gasteiger partial charge >= 0.3 is 6.18 Å². The second kappa shape index (κ2) is 6.56. The van der Waals surface area contributed by atoms with E-state index >= 15 is 0 Å². The number of methoxy groups -OCH3 is 1. The summed E-state index contributed by atoms with van der Waals surface area (Å²) in [6, 6.07) is -0.0163. The number of likely N-dealkylation sites (tertiary alicyclic amines) is 1. The molecule has 1 unspecified atom stereocenters. The third-order valence-corrected chi connectivity index (χ3v) is 3.24. The van der Waals surface area contributed by atoms with Gasteiger partial charge in [0.1, 0.15) is 0 Å². The summed E-state index contributed by atoms with van der Waals surface area (Å²) in [4.78, 5) is 2.02. The fourth-order valence-corrected chi connectivity index (χ4v) is 2.14. The Morgan fingerprint density at radius 3 is 2.41 bits per heavy atom. The topological polar surface area (TPSA) is 38.5 Å². The van der Waals surface area contributed by atoms with Crippen LogP contribution in [-0.2, 0) is 4.74 Å². The molecular weight excluding hydrogens is 233 g/mol. The van der Waals surface area contributed by atoms with E-state index in [4.69, 9.17) is 10.5 Å². The molecule has 102 valence electrons. The van der Waals surface area contributed by atoms with Crippen molar-refractivity contribution >= 4 is 0 Å². The quantitative estimate of drug-likeness (QED) is 0.810. The number of nitrogens with two attached hydrogens (primary N) is 1. The van der Waals surface area contributed by atoms with Crippen LogP contribution in [0.4, 0.5) is 13.2 Å². The largest absolute Gasteiger partial charge is 0.391 e. The normalized spacial score (nSPS) is 21.7. The summed E-state index contributed by atoms with van der Waals surface area (Å²) in [5.74, 6) is -1.13. The minimum Gasteiger partial charge on any atom is -0.385 e. The summed E-state index contributed by atoms with van der Waals surface area (Å²) in [5, 5.41) is 0. The predicted octanol–water partition coefficient (Wildman–Crippen LogP) is 1.62. The highest BCUT2D eigenvalue weighted by Crippen LogP contribution is 2.33. The smallest absolute Gasteiger partial charge is 0.385 e. The highest BCUT2D eigenvalue weighted by molar-refractivity contribution is 4.79. The van der Waals surface area contributed by atoms with Crippen LogP contribution in [0.2, 0.25) is 0 Å². The van der Waals surface area contributed by atoms with E-state index in [1.807, 2.05) is 4.90 Å². The fourth-order valence-electron chi connectivity index (χ4n) is 2.14. The first kappa shape index (κ1) is 14.7. The molecule has 1 heterocycles. The van der Waals surface area contributed by atoms with Gasteiger partial charge in [0.15, 0.2) is 0 Å². The van der Waals surface area contributed by atoms with Gasteiger partial charge in [0.2, 0.25) is 0 Å². The van der Waals surface area contributed by atoms with Crippen LogP contribution >= 0.6 is 0 Å². The summed E-state index contributed by atoms with van der Waals surface area (Å²) in [6.07, 6.45) is -2.90. The first-order valence-corrected chi connectivity index (χ1v) is 5.97. The molecule has 1 aliphatic heterocycles. The molecular formula is C11H21F3N2O. The first-order valence-electron chi connectivity index (χ1n) is 5.97. The molecule has 1 atom stereocenters. The first-order chi connectivity index (χ1) is 7.93. The Bertz CT molecular complexity index is 215. The zero-order valence-electron chi connectivity index (χ0n) is 10.2. The fraction of sp³-hybridized carbons (Fsp3) is 1.00. The van der Waals surface area contributed by atoms with Crippen LogP contribution in [0.15, 0.2) is 0 Å². The van der Waals surface area contributed by atoms with Crippen molar-refractivity contribution in [2.24, 2.45) is 11.7 Å². The number of halogens is 3. The van der Waals surface area contributed by atoms with Crippen LogP contribution in [-0.4, -0.2) is 50.5 Å². The molecule has 0 radical (unpaired) electrons. The van der Waals surface area contributed by atoms with E-state index in [2.05, 4.69) is 0 Å². The molecule has 0 spiro atoms. The Morgan fingerprint density at radius 1 is 1.35 bits per heavy atom. The van der Waals surface area contributed by atoms with Gasteiger partial charge in [0.25, 0.3) is 0 Å². The van der Waals surface area contributed by atoms with E-state index in [1.54, 1.807) is 7.11 Å². The lowest BCUT2D eigenvalue weighted by molar-refractivity contribution is -0.185. The van der Waals surface area contributed by atoms with E-state index in [0.29, 0.717) is 26.2 Å². The van der Waals surface area contributed by atoms with Crippen molar-refractivity contribution in [3.8, 4) is 0 Å². The SMILES string of the molecule is COCCC(N)CN1CCC(C(F)(F)F)CC1. The van der Waals surface area contributed by atoms with Crippen molar-refractivity contribution in [3.05, 3.63) is 0 Å². The molecule has 17 heavy (non-hydrogen) atoms. The summed E-state index contributed by atoms with van der Waals surface area (Å²) >= 11 is 0. The lowest BCUT2D eigenvalue weighted by atomic mass is 9.96. The third kappa shape index (κ3) is 5.23. The molecule has 0 aromatic heterocycles. The number of nitrogens with zero attached hydrogens (tertiary/aromatic N) is 1. The van der Waals surface area contributed by atoms with Crippen molar-refractivity contribution in [3.63, 3.8) is 0 Å². The number of hydrogen-bond acceptors (Lipinski definition) is 3. The minimum atomic E-state index is -4.04. The lowest BCUT2D eigenvalue weighted by Crippen LogP contribution is -2.44. The molecule has 0 bridgehead atoms. The molecule has 0 aliphatic carbocycles. The molecule has 0 aromatic rings. The van der Waals surface area contributed by atoms with Crippen LogP contribution in [0.25, 0.3) is 0 Å². The van der Waals surface area contributed by atoms with Crippen molar-refractivity contribution in [1.82, 2.24) is 4.90 Å². The predicted molar refractivity (Wildman–Crippen MR) is 59.7 cm³/mol. The summed E-state index contributed by atoms with van der Waals surface area (Å²) < 4.78 is 42.2. The molecule has 6 heteroatoms. The zero-order valence-corrected chi connectivity index (χ0v) is 10.2. The minimum absolute atomic E-state index is 0.0163. The second-order valence-electron chi connectivity index (χ2n) is 4.66. The van der Waals surface area contributed by atoms with Crippen LogP contribution in [0.3, 0.4) is 0 Å². The van der Waals surface area contributed by atoms with E-state index in [1.165, 1.54) is 0 Å². The Morgan fingerprint density at radius 2 is 1.94 bits per heavy atom. The molecule has 0 aromatic carbocycles. The maximum Gasteiger partial charge on any atom is 0.391 e. The number of ether oxygens (including phenoxy) is 1. The third-order valence-electron chi connectivity index (χ3n) is 3.24. The van der Waals surface area contributed by atoms with Crippen molar-refractivity contribution < 1.29 is 17.9 Å². The highest BCUT2D eigenvalue weighted by atomic mass is 19.4. The average molecular weight is 254 g/mol. The zero-order chi connectivity index (χ0) is 12.9. The Labute approximate surface area is 100 Å². The molecule has 2 N–H and O–H groups in total. The van der Waals surface area contributed by atoms with Crippen molar-refractivity contribution in [2.45, 2.75) is 31.5 Å². The molecule has 1 rings (SSSR count). The molecule has 0 saturated carbocycles. The van der Waals surface area contributed by atoms with Gasteiger partial charge in [-0.3, -0.25) is 0 Å². The second-order valence-corrected chi connectivity index (χ2v) is 4.66. The van der Waals surface area contributed by atoms with E-state index in [9.17, 15) is 13.2 Å². The maximum absolute atomic E-state index is 12.4. The summed E-state index contributed by atoms with van der Waals surface area (Å²) in [5.41, 5.74) is 5.87. The van der Waals surface area contributed by atoms with Gasteiger partial charge < -0.3 is 15.4 Å². The molecule has 1 fully saturated rings. The number of hydrogen-bond donors (Lipinski definition) is 1. The number of piperidine rings is 1. The number of rotatable bonds is 5. The van der Waals surface area contributed by atoms with Gasteiger partial charge in [0.05, 0.1) is 5.92 Å². The number of alkyl halides is 3. The summed E-state index contributed by atoms with van der Waals surface area (Å²) in [6.45, 7) is 2.24. The van der Waals surface area contributed by atoms with Crippen LogP contribution in [0, 0.1) is 5.92 Å². The van der Waals surface area contributed by atoms with Crippen LogP contribution < -0.4 is 5.73 Å². The highest BCUT2D eigenvalue weighted by Gasteiger charge is 2.41. The summed E-state index contributed by atoms with van der Waals surface area (Å²) in [7, 11) is 1.61. The van der Waals surface area contributed by atoms with E-state index in [0.717, 1.165) is 6.42 Å². The van der Waals surface area contributed by atoms with Gasteiger partial charge in [-0.25, -0.2) is 0 Å². The van der Waals surface area contributed by atoms with E-state index in [-0.39, 0.29) is 18.9 Å². The average Bonchev–Trinajstić information content (AvgIpc) is 2.26. The maximum atomic E-state index is 12.4. The van der Waals surface area contributed by atoms with Crippen molar-refractivity contribution in [1.29, 1.82) is 0 Å². The van der Waals surface area contributed by atoms with Gasteiger partial charge in [-0.15, -0.1) is 0 Å². The van der Waals surface area contributed by atoms with E-state index < -0.39 is 12.1 Å². The van der Waals surface area contributed by atoms with Crippen molar-refractivity contribution in [2.75, 3.05) is 33.4 Å². The standard InChI is InChI=1S/C11H21F3N2O/c1-17-7-4-10(15)8-16-5-2-9(3-6-16)11(12,13)14/h9-10H,2-8,15H2,1H3. The van der Waals surface area contributed by atoms with Crippen LogP contribution in [0.5, 0.6) is 0 Å². The van der Waals surface area contributed by atoms with Crippen LogP contribution in [0.1, 0.15) is 19.3 Å². The Kier molecular flexibility index (Phi) is 5.69. The molecule has 1 aliphatic rings. The molecule has 3 nitrogen and oxygen atoms in total. The monoisotopic (exact) mass is 254 g/mol. The Balaban J connectivity index is 2.23. The molecule has 1 saturated heterocycles. The van der Waals surface area contributed by atoms with Gasteiger partial charge in [-0.05, 0) is 32.4 Å². The van der Waals surface area contributed by atoms with Gasteiger partial charge in [0, 0.05) is 26.3 Å². The lowest BCUT2D eigenvalue weighted by Gasteiger charge is -2.34. The van der Waals surface area contributed by atoms with Gasteiger partial charge in [-0.2, -0.15) is 13.2 Å².